The second-order valence-electron chi connectivity index (χ2n) is 7.10. The van der Waals surface area contributed by atoms with Crippen LogP contribution in [0.2, 0.25) is 0 Å². The number of hydrogen-bond donors (Lipinski definition) is 1. The fourth-order valence-electron chi connectivity index (χ4n) is 3.39. The molecule has 144 valence electrons. The summed E-state index contributed by atoms with van der Waals surface area (Å²) in [5.74, 6) is -0.119. The average Bonchev–Trinajstić information content (AvgIpc) is 3.12. The summed E-state index contributed by atoms with van der Waals surface area (Å²) in [7, 11) is 1.93. The van der Waals surface area contributed by atoms with Gasteiger partial charge >= 0.3 is 0 Å². The second-order valence-corrected chi connectivity index (χ2v) is 8.41. The number of carbonyl (C=O) groups excluding carboxylic acids is 1. The van der Waals surface area contributed by atoms with Gasteiger partial charge in [-0.2, -0.15) is 0 Å². The van der Waals surface area contributed by atoms with Gasteiger partial charge in [-0.3, -0.25) is 9.78 Å². The van der Waals surface area contributed by atoms with Gasteiger partial charge in [0.1, 0.15) is 6.33 Å². The van der Waals surface area contributed by atoms with Crippen molar-refractivity contribution in [3.05, 3.63) is 65.2 Å². The van der Waals surface area contributed by atoms with Crippen molar-refractivity contribution < 1.29 is 4.79 Å². The molecule has 0 aliphatic heterocycles. The van der Waals surface area contributed by atoms with Crippen LogP contribution in [0, 0.1) is 0 Å². The van der Waals surface area contributed by atoms with E-state index in [1.807, 2.05) is 35.9 Å². The SMILES string of the molecule is CC(Sc1nncn1C)c1cccc(NC(=O)c2cnc3c(c2)CCCC3)c1. The average molecular weight is 394 g/mol. The molecule has 1 amide bonds. The zero-order valence-corrected chi connectivity index (χ0v) is 16.9. The molecule has 0 bridgehead atoms. The molecule has 28 heavy (non-hydrogen) atoms. The molecule has 0 fully saturated rings. The van der Waals surface area contributed by atoms with Crippen molar-refractivity contribution in [3.63, 3.8) is 0 Å². The maximum Gasteiger partial charge on any atom is 0.257 e. The smallest absolute Gasteiger partial charge is 0.257 e. The number of hydrogen-bond acceptors (Lipinski definition) is 5. The van der Waals surface area contributed by atoms with Crippen LogP contribution >= 0.6 is 11.8 Å². The lowest BCUT2D eigenvalue weighted by molar-refractivity contribution is 0.102. The Morgan fingerprint density at radius 3 is 2.93 bits per heavy atom. The number of aromatic nitrogens is 4. The van der Waals surface area contributed by atoms with Crippen molar-refractivity contribution in [2.45, 2.75) is 43.0 Å². The Balaban J connectivity index is 1.47. The number of rotatable bonds is 5. The first-order valence-corrected chi connectivity index (χ1v) is 10.4. The summed E-state index contributed by atoms with van der Waals surface area (Å²) < 4.78 is 1.90. The van der Waals surface area contributed by atoms with Crippen LogP contribution in [0.15, 0.2) is 48.0 Å². The van der Waals surface area contributed by atoms with Crippen LogP contribution in [0.5, 0.6) is 0 Å². The Hall–Kier alpha value is -2.67. The molecular formula is C21H23N5OS. The number of thioether (sulfide) groups is 1. The van der Waals surface area contributed by atoms with Crippen LogP contribution < -0.4 is 5.32 Å². The van der Waals surface area contributed by atoms with E-state index in [1.165, 1.54) is 18.4 Å². The minimum absolute atomic E-state index is 0.119. The molecule has 1 aromatic carbocycles. The third kappa shape index (κ3) is 4.09. The molecule has 1 aliphatic carbocycles. The van der Waals surface area contributed by atoms with Crippen molar-refractivity contribution in [3.8, 4) is 0 Å². The number of fused-ring (bicyclic) bond motifs is 1. The number of pyridine rings is 1. The first-order valence-electron chi connectivity index (χ1n) is 9.50. The highest BCUT2D eigenvalue weighted by molar-refractivity contribution is 7.99. The lowest BCUT2D eigenvalue weighted by atomic mass is 9.95. The van der Waals surface area contributed by atoms with Gasteiger partial charge in [0.15, 0.2) is 5.16 Å². The summed E-state index contributed by atoms with van der Waals surface area (Å²) in [6.07, 6.45) is 7.76. The van der Waals surface area contributed by atoms with Gasteiger partial charge in [-0.05, 0) is 61.9 Å². The summed E-state index contributed by atoms with van der Waals surface area (Å²) in [4.78, 5) is 17.2. The molecule has 1 aliphatic rings. The predicted octanol–water partition coefficient (Wildman–Crippen LogP) is 4.19. The van der Waals surface area contributed by atoms with Crippen LogP contribution in [0.25, 0.3) is 0 Å². The van der Waals surface area contributed by atoms with Crippen LogP contribution in [0.1, 0.15) is 52.2 Å². The minimum atomic E-state index is -0.119. The van der Waals surface area contributed by atoms with Gasteiger partial charge in [0.2, 0.25) is 0 Å². The standard InChI is InChI=1S/C21H23N5OS/c1-14(28-21-25-23-13-26(21)2)15-7-5-8-18(11-15)24-20(27)17-10-16-6-3-4-9-19(16)22-12-17/h5,7-8,10-14H,3-4,6,9H2,1-2H3,(H,24,27). The largest absolute Gasteiger partial charge is 0.322 e. The molecule has 2 aromatic heterocycles. The molecule has 0 spiro atoms. The highest BCUT2D eigenvalue weighted by Crippen LogP contribution is 2.34. The van der Waals surface area contributed by atoms with Crippen molar-refractivity contribution in [1.82, 2.24) is 19.7 Å². The molecule has 0 saturated heterocycles. The monoisotopic (exact) mass is 393 g/mol. The Labute approximate surface area is 168 Å². The molecule has 1 N–H and O–H groups in total. The maximum absolute atomic E-state index is 12.7. The topological polar surface area (TPSA) is 72.7 Å². The number of carbonyl (C=O) groups is 1. The van der Waals surface area contributed by atoms with E-state index >= 15 is 0 Å². The molecule has 1 atom stereocenters. The summed E-state index contributed by atoms with van der Waals surface area (Å²) >= 11 is 1.64. The maximum atomic E-state index is 12.7. The number of amides is 1. The molecule has 0 saturated carbocycles. The van der Waals surface area contributed by atoms with E-state index in [0.717, 1.165) is 34.9 Å². The fourth-order valence-corrected chi connectivity index (χ4v) is 4.30. The zero-order chi connectivity index (χ0) is 19.5. The van der Waals surface area contributed by atoms with Crippen molar-refractivity contribution in [1.29, 1.82) is 0 Å². The number of nitrogens with zero attached hydrogens (tertiary/aromatic N) is 4. The summed E-state index contributed by atoms with van der Waals surface area (Å²) in [6, 6.07) is 9.94. The Kier molecular flexibility index (Phi) is 5.43. The predicted molar refractivity (Wildman–Crippen MR) is 111 cm³/mol. The molecule has 3 aromatic rings. The zero-order valence-electron chi connectivity index (χ0n) is 16.1. The van der Waals surface area contributed by atoms with Gasteiger partial charge < -0.3 is 9.88 Å². The van der Waals surface area contributed by atoms with Gasteiger partial charge in [0, 0.05) is 29.9 Å². The number of nitrogens with one attached hydrogen (secondary N) is 1. The molecule has 6 nitrogen and oxygen atoms in total. The summed E-state index contributed by atoms with van der Waals surface area (Å²) in [5.41, 5.74) is 4.87. The van der Waals surface area contributed by atoms with E-state index in [-0.39, 0.29) is 11.2 Å². The van der Waals surface area contributed by atoms with Crippen molar-refractivity contribution in [2.24, 2.45) is 7.05 Å². The molecule has 4 rings (SSSR count). The fraction of sp³-hybridized carbons (Fsp3) is 0.333. The van der Waals surface area contributed by atoms with Gasteiger partial charge in [0.05, 0.1) is 5.56 Å². The first kappa shape index (κ1) is 18.7. The van der Waals surface area contributed by atoms with Gasteiger partial charge in [-0.25, -0.2) is 0 Å². The molecular weight excluding hydrogens is 370 g/mol. The van der Waals surface area contributed by atoms with Gasteiger partial charge in [-0.1, -0.05) is 23.9 Å². The minimum Gasteiger partial charge on any atom is -0.322 e. The van der Waals surface area contributed by atoms with Crippen LogP contribution in [0.3, 0.4) is 0 Å². The third-order valence-electron chi connectivity index (χ3n) is 5.00. The highest BCUT2D eigenvalue weighted by Gasteiger charge is 2.15. The van der Waals surface area contributed by atoms with E-state index in [0.29, 0.717) is 5.56 Å². The van der Waals surface area contributed by atoms with Crippen LogP contribution in [0.4, 0.5) is 5.69 Å². The lowest BCUT2D eigenvalue weighted by Crippen LogP contribution is -2.15. The van der Waals surface area contributed by atoms with E-state index in [1.54, 1.807) is 24.3 Å². The Bertz CT molecular complexity index is 1000. The third-order valence-corrected chi connectivity index (χ3v) is 6.20. The van der Waals surface area contributed by atoms with Crippen LogP contribution in [-0.2, 0) is 19.9 Å². The highest BCUT2D eigenvalue weighted by atomic mass is 32.2. The summed E-state index contributed by atoms with van der Waals surface area (Å²) in [5, 5.41) is 12.1. The first-order chi connectivity index (χ1) is 13.6. The molecule has 1 unspecified atom stereocenters. The van der Waals surface area contributed by atoms with Crippen molar-refractivity contribution in [2.75, 3.05) is 5.32 Å². The van der Waals surface area contributed by atoms with E-state index in [2.05, 4.69) is 33.5 Å². The van der Waals surface area contributed by atoms with Crippen LogP contribution in [-0.4, -0.2) is 25.7 Å². The van der Waals surface area contributed by atoms with Gasteiger partial charge in [-0.15, -0.1) is 10.2 Å². The molecule has 7 heteroatoms. The normalized spacial score (nSPS) is 14.4. The molecule has 0 radical (unpaired) electrons. The molecule has 2 heterocycles. The van der Waals surface area contributed by atoms with Crippen molar-refractivity contribution >= 4 is 23.4 Å². The van der Waals surface area contributed by atoms with Gasteiger partial charge in [0.25, 0.3) is 5.91 Å². The summed E-state index contributed by atoms with van der Waals surface area (Å²) in [6.45, 7) is 2.12. The van der Waals surface area contributed by atoms with E-state index in [4.69, 9.17) is 0 Å². The quantitative estimate of drug-likeness (QED) is 0.658. The number of anilines is 1. The second kappa shape index (κ2) is 8.14. The lowest BCUT2D eigenvalue weighted by Gasteiger charge is -2.16. The Morgan fingerprint density at radius 1 is 1.25 bits per heavy atom. The number of benzene rings is 1. The Morgan fingerprint density at radius 2 is 2.11 bits per heavy atom. The van der Waals surface area contributed by atoms with E-state index in [9.17, 15) is 4.79 Å². The van der Waals surface area contributed by atoms with E-state index < -0.39 is 0 Å². The number of aryl methyl sites for hydroxylation is 3.